The monoisotopic (exact) mass is 472 g/mol. The molecule has 9 heteroatoms. The van der Waals surface area contributed by atoms with Crippen LogP contribution in [0.1, 0.15) is 56.6 Å². The molecule has 1 aromatic heterocycles. The molecule has 0 saturated carbocycles. The first kappa shape index (κ1) is 26.6. The van der Waals surface area contributed by atoms with Gasteiger partial charge in [0.2, 0.25) is 6.79 Å². The van der Waals surface area contributed by atoms with Crippen molar-refractivity contribution < 1.29 is 33.3 Å². The van der Waals surface area contributed by atoms with Gasteiger partial charge in [-0.3, -0.25) is 9.59 Å². The van der Waals surface area contributed by atoms with E-state index in [4.69, 9.17) is 18.9 Å². The topological polar surface area (TPSA) is 113 Å². The van der Waals surface area contributed by atoms with Crippen molar-refractivity contribution in [1.29, 1.82) is 0 Å². The fraction of sp³-hybridized carbons (Fsp3) is 0.440. The number of ether oxygens (including phenoxy) is 4. The molecule has 9 nitrogen and oxygen atoms in total. The molecule has 0 aliphatic heterocycles. The van der Waals surface area contributed by atoms with Crippen molar-refractivity contribution in [1.82, 2.24) is 10.3 Å². The maximum atomic E-state index is 12.9. The van der Waals surface area contributed by atoms with E-state index in [1.165, 1.54) is 33.2 Å². The molecule has 1 heterocycles. The number of carbonyl (C=O) groups excluding carboxylic acids is 3. The Morgan fingerprint density at radius 3 is 2.29 bits per heavy atom. The molecule has 184 valence electrons. The predicted molar refractivity (Wildman–Crippen MR) is 125 cm³/mol. The van der Waals surface area contributed by atoms with Crippen LogP contribution in [0.25, 0.3) is 0 Å². The molecule has 1 N–H and O–H groups in total. The number of hydrogen-bond acceptors (Lipinski definition) is 8. The second-order valence-corrected chi connectivity index (χ2v) is 8.11. The van der Waals surface area contributed by atoms with Gasteiger partial charge in [0, 0.05) is 25.1 Å². The lowest BCUT2D eigenvalue weighted by Gasteiger charge is -2.28. The number of aromatic nitrogens is 1. The molecule has 0 radical (unpaired) electrons. The van der Waals surface area contributed by atoms with Crippen molar-refractivity contribution in [3.8, 4) is 11.5 Å². The molecule has 1 amide bonds. The molecular formula is C25H32N2O7. The predicted octanol–water partition coefficient (Wildman–Crippen LogP) is 3.48. The van der Waals surface area contributed by atoms with Gasteiger partial charge >= 0.3 is 11.9 Å². The van der Waals surface area contributed by atoms with Gasteiger partial charge in [0.1, 0.15) is 12.1 Å². The SMILES string of the molecule is COc1ccnc(C(=O)N[C@@H](C)C(=O)O[C@@H](C)[C@H](c2ccccc2)C(C)C)c1OCOC(C)=O. The van der Waals surface area contributed by atoms with Crippen molar-refractivity contribution >= 4 is 17.8 Å². The Morgan fingerprint density at radius 1 is 1.03 bits per heavy atom. The third-order valence-corrected chi connectivity index (χ3v) is 5.18. The number of methoxy groups -OCH3 is 1. The Morgan fingerprint density at radius 2 is 1.71 bits per heavy atom. The number of hydrogen-bond donors (Lipinski definition) is 1. The fourth-order valence-electron chi connectivity index (χ4n) is 3.62. The second kappa shape index (κ2) is 12.6. The lowest BCUT2D eigenvalue weighted by molar-refractivity contribution is -0.152. The van der Waals surface area contributed by atoms with Gasteiger partial charge in [-0.15, -0.1) is 0 Å². The third-order valence-electron chi connectivity index (χ3n) is 5.18. The van der Waals surface area contributed by atoms with Crippen molar-refractivity contribution in [2.45, 2.75) is 52.7 Å². The molecule has 0 unspecified atom stereocenters. The van der Waals surface area contributed by atoms with Crippen LogP contribution in [-0.2, 0) is 19.1 Å². The van der Waals surface area contributed by atoms with Crippen LogP contribution in [0.15, 0.2) is 42.6 Å². The van der Waals surface area contributed by atoms with Crippen LogP contribution >= 0.6 is 0 Å². The summed E-state index contributed by atoms with van der Waals surface area (Å²) in [5, 5.41) is 2.58. The Labute approximate surface area is 199 Å². The molecule has 34 heavy (non-hydrogen) atoms. The van der Waals surface area contributed by atoms with Gasteiger partial charge in [-0.1, -0.05) is 44.2 Å². The summed E-state index contributed by atoms with van der Waals surface area (Å²) < 4.78 is 21.1. The average molecular weight is 473 g/mol. The average Bonchev–Trinajstić information content (AvgIpc) is 2.79. The molecule has 0 fully saturated rings. The standard InChI is InChI=1S/C25H32N2O7/c1-15(2)21(19-10-8-7-9-11-19)17(4)34-25(30)16(3)27-24(29)22-23(33-14-32-18(5)28)20(31-6)12-13-26-22/h7-13,15-17,21H,14H2,1-6H3,(H,27,29)/t16-,17-,21+/m0/s1. The summed E-state index contributed by atoms with van der Waals surface area (Å²) in [4.78, 5) is 40.7. The number of pyridine rings is 1. The highest BCUT2D eigenvalue weighted by molar-refractivity contribution is 5.98. The van der Waals surface area contributed by atoms with Crippen LogP contribution in [0.3, 0.4) is 0 Å². The van der Waals surface area contributed by atoms with Crippen LogP contribution in [0.2, 0.25) is 0 Å². The highest BCUT2D eigenvalue weighted by Crippen LogP contribution is 2.31. The number of amides is 1. The molecule has 0 saturated heterocycles. The van der Waals surface area contributed by atoms with Gasteiger partial charge in [0.05, 0.1) is 7.11 Å². The van der Waals surface area contributed by atoms with E-state index in [0.717, 1.165) is 5.56 Å². The maximum absolute atomic E-state index is 12.9. The van der Waals surface area contributed by atoms with Gasteiger partial charge in [-0.25, -0.2) is 9.78 Å². The number of benzene rings is 1. The maximum Gasteiger partial charge on any atom is 0.328 e. The van der Waals surface area contributed by atoms with Gasteiger partial charge in [0.15, 0.2) is 17.2 Å². The van der Waals surface area contributed by atoms with Crippen LogP contribution in [0.5, 0.6) is 11.5 Å². The number of nitrogens with zero attached hydrogens (tertiary/aromatic N) is 1. The second-order valence-electron chi connectivity index (χ2n) is 8.11. The minimum atomic E-state index is -0.951. The third kappa shape index (κ3) is 7.19. The first-order valence-corrected chi connectivity index (χ1v) is 11.0. The van der Waals surface area contributed by atoms with Crippen molar-refractivity contribution in [2.75, 3.05) is 13.9 Å². The Balaban J connectivity index is 2.10. The van der Waals surface area contributed by atoms with E-state index in [1.54, 1.807) is 0 Å². The first-order valence-electron chi connectivity index (χ1n) is 11.0. The lowest BCUT2D eigenvalue weighted by atomic mass is 9.84. The normalized spacial score (nSPS) is 13.4. The van der Waals surface area contributed by atoms with Crippen LogP contribution in [0, 0.1) is 5.92 Å². The minimum absolute atomic E-state index is 0.00520. The van der Waals surface area contributed by atoms with E-state index in [1.807, 2.05) is 37.3 Å². The summed E-state index contributed by atoms with van der Waals surface area (Å²) in [6, 6.07) is 10.4. The first-order chi connectivity index (χ1) is 16.1. The molecule has 0 bridgehead atoms. The smallest absolute Gasteiger partial charge is 0.328 e. The van der Waals surface area contributed by atoms with Crippen molar-refractivity contribution in [2.24, 2.45) is 5.92 Å². The van der Waals surface area contributed by atoms with Crippen molar-refractivity contribution in [3.05, 3.63) is 53.9 Å². The summed E-state index contributed by atoms with van der Waals surface area (Å²) in [7, 11) is 1.40. The van der Waals surface area contributed by atoms with Crippen LogP contribution in [-0.4, -0.2) is 48.9 Å². The molecule has 0 spiro atoms. The molecule has 2 rings (SSSR count). The number of esters is 2. The summed E-state index contributed by atoms with van der Waals surface area (Å²) in [5.41, 5.74) is 0.952. The quantitative estimate of drug-likeness (QED) is 0.391. The Hall–Kier alpha value is -3.62. The van der Waals surface area contributed by atoms with E-state index in [2.05, 4.69) is 24.1 Å². The molecule has 1 aromatic carbocycles. The molecule has 3 atom stereocenters. The van der Waals surface area contributed by atoms with E-state index < -0.39 is 36.8 Å². The van der Waals surface area contributed by atoms with Crippen LogP contribution in [0.4, 0.5) is 0 Å². The van der Waals surface area contributed by atoms with Gasteiger partial charge in [0.25, 0.3) is 5.91 Å². The van der Waals surface area contributed by atoms with Gasteiger partial charge in [-0.05, 0) is 25.3 Å². The Bertz CT molecular complexity index is 978. The highest BCUT2D eigenvalue weighted by Gasteiger charge is 2.29. The fourth-order valence-corrected chi connectivity index (χ4v) is 3.62. The number of rotatable bonds is 11. The zero-order chi connectivity index (χ0) is 25.3. The number of carbonyl (C=O) groups is 3. The summed E-state index contributed by atoms with van der Waals surface area (Å²) >= 11 is 0. The summed E-state index contributed by atoms with van der Waals surface area (Å²) in [5.74, 6) is -1.36. The molecule has 0 aliphatic rings. The van der Waals surface area contributed by atoms with E-state index in [0.29, 0.717) is 0 Å². The minimum Gasteiger partial charge on any atom is -0.493 e. The largest absolute Gasteiger partial charge is 0.493 e. The van der Waals surface area contributed by atoms with E-state index >= 15 is 0 Å². The Kier molecular flexibility index (Phi) is 9.85. The van der Waals surface area contributed by atoms with Gasteiger partial charge < -0.3 is 24.3 Å². The molecule has 0 aliphatic carbocycles. The highest BCUT2D eigenvalue weighted by atomic mass is 16.7. The zero-order valence-corrected chi connectivity index (χ0v) is 20.4. The summed E-state index contributed by atoms with van der Waals surface area (Å²) in [6.45, 7) is 8.31. The lowest BCUT2D eigenvalue weighted by Crippen LogP contribution is -2.42. The van der Waals surface area contributed by atoms with Gasteiger partial charge in [-0.2, -0.15) is 0 Å². The zero-order valence-electron chi connectivity index (χ0n) is 20.4. The number of nitrogens with one attached hydrogen (secondary N) is 1. The summed E-state index contributed by atoms with van der Waals surface area (Å²) in [6.07, 6.45) is 0.955. The van der Waals surface area contributed by atoms with E-state index in [-0.39, 0.29) is 29.0 Å². The molecule has 2 aromatic rings. The van der Waals surface area contributed by atoms with Crippen molar-refractivity contribution in [3.63, 3.8) is 0 Å². The van der Waals surface area contributed by atoms with E-state index in [9.17, 15) is 14.4 Å². The van der Waals surface area contributed by atoms with Crippen LogP contribution < -0.4 is 14.8 Å². The molecular weight excluding hydrogens is 440 g/mol.